The van der Waals surface area contributed by atoms with Gasteiger partial charge in [0.05, 0.1) is 6.61 Å². The highest BCUT2D eigenvalue weighted by Gasteiger charge is 2.63. The molecule has 3 aliphatic heterocycles. The molecule has 0 unspecified atom stereocenters. The maximum atomic E-state index is 13.2. The third-order valence-electron chi connectivity index (χ3n) is 4.23. The number of fused-ring (bicyclic) bond motifs is 5. The largest absolute Gasteiger partial charge is 0.392 e. The van der Waals surface area contributed by atoms with Gasteiger partial charge in [-0.3, -0.25) is 9.59 Å². The minimum Gasteiger partial charge on any atom is -0.392 e. The van der Waals surface area contributed by atoms with Crippen molar-refractivity contribution in [2.24, 2.45) is 0 Å². The molecule has 0 aromatic heterocycles. The van der Waals surface area contributed by atoms with Crippen LogP contribution >= 0.6 is 41.2 Å². The number of hydrogen-bond acceptors (Lipinski definition) is 7. The van der Waals surface area contributed by atoms with Crippen LogP contribution in [-0.2, 0) is 16.0 Å². The first-order valence-electron chi connectivity index (χ1n) is 6.89. The molecule has 5 nitrogen and oxygen atoms in total. The predicted octanol–water partition coefficient (Wildman–Crippen LogP) is 2.24. The number of nitrogens with zero attached hydrogens (tertiary/aromatic N) is 2. The molecule has 0 radical (unpaired) electrons. The molecule has 0 saturated carbocycles. The Morgan fingerprint density at radius 3 is 2.09 bits per heavy atom. The third-order valence-corrected chi connectivity index (χ3v) is 11.6. The van der Waals surface area contributed by atoms with E-state index >= 15 is 0 Å². The molecule has 2 amide bonds. The summed E-state index contributed by atoms with van der Waals surface area (Å²) in [6, 6.07) is 9.69. The molecule has 23 heavy (non-hydrogen) atoms. The maximum Gasteiger partial charge on any atom is 0.263 e. The number of hydrogen-bond donors (Lipinski definition) is 1. The molecular formula is C14H16N2O3S4. The van der Waals surface area contributed by atoms with Crippen LogP contribution in [0.2, 0.25) is 0 Å². The lowest BCUT2D eigenvalue weighted by atomic mass is 9.98. The summed E-state index contributed by atoms with van der Waals surface area (Å²) in [6.07, 6.45) is 0.434. The number of amides is 2. The van der Waals surface area contributed by atoms with Gasteiger partial charge in [-0.15, -0.1) is 0 Å². The van der Waals surface area contributed by atoms with E-state index in [4.69, 9.17) is 0 Å². The Labute approximate surface area is 150 Å². The molecule has 4 rings (SSSR count). The highest BCUT2D eigenvalue weighted by atomic mass is 33.7. The van der Waals surface area contributed by atoms with E-state index in [-0.39, 0.29) is 11.8 Å². The van der Waals surface area contributed by atoms with Crippen molar-refractivity contribution in [1.82, 2.24) is 9.80 Å². The number of carbonyl (C=O) groups is 2. The van der Waals surface area contributed by atoms with E-state index < -0.39 is 16.3 Å². The fourth-order valence-electron chi connectivity index (χ4n) is 2.76. The van der Waals surface area contributed by atoms with Crippen LogP contribution in [0.4, 0.5) is 0 Å². The third kappa shape index (κ3) is 2.57. The number of piperazine rings is 1. The van der Waals surface area contributed by atoms with Crippen molar-refractivity contribution in [3.05, 3.63) is 35.9 Å². The molecular weight excluding hydrogens is 372 g/mol. The molecule has 9 heteroatoms. The Kier molecular flexibility index (Phi) is 4.85. The van der Waals surface area contributed by atoms with Crippen LogP contribution in [0.1, 0.15) is 5.56 Å². The van der Waals surface area contributed by atoms with Crippen LogP contribution in [0.25, 0.3) is 0 Å². The number of aliphatic hydroxyl groups excluding tert-OH is 1. The first-order valence-corrected chi connectivity index (χ1v) is 11.7. The molecule has 124 valence electrons. The van der Waals surface area contributed by atoms with Crippen LogP contribution in [0.3, 0.4) is 0 Å². The molecule has 3 heterocycles. The zero-order chi connectivity index (χ0) is 16.7. The second kappa shape index (κ2) is 6.44. The lowest BCUT2D eigenvalue weighted by Gasteiger charge is -2.54. The van der Waals surface area contributed by atoms with Crippen LogP contribution in [0.15, 0.2) is 30.3 Å². The number of carbonyl (C=O) groups excluding carboxylic acids is 2. The average molecular weight is 389 g/mol. The smallest absolute Gasteiger partial charge is 0.263 e. The molecule has 3 saturated heterocycles. The van der Waals surface area contributed by atoms with Crippen LogP contribution in [0, 0.1) is 0 Å². The van der Waals surface area contributed by atoms with Gasteiger partial charge >= 0.3 is 0 Å². The van der Waals surface area contributed by atoms with Gasteiger partial charge in [-0.05, 0) is 46.8 Å². The Morgan fingerprint density at radius 1 is 0.957 bits per heavy atom. The van der Waals surface area contributed by atoms with Crippen molar-refractivity contribution >= 4 is 53.1 Å². The summed E-state index contributed by atoms with van der Waals surface area (Å²) < 4.78 is 0. The number of benzene rings is 1. The van der Waals surface area contributed by atoms with Crippen molar-refractivity contribution in [2.45, 2.75) is 16.2 Å². The van der Waals surface area contributed by atoms with Gasteiger partial charge in [0.15, 0.2) is 4.87 Å². The van der Waals surface area contributed by atoms with E-state index in [1.807, 2.05) is 30.3 Å². The number of aliphatic hydroxyl groups is 1. The lowest BCUT2D eigenvalue weighted by Crippen LogP contribution is -2.74. The first-order chi connectivity index (χ1) is 11.0. The molecule has 3 fully saturated rings. The average Bonchev–Trinajstić information content (AvgIpc) is 2.57. The summed E-state index contributed by atoms with van der Waals surface area (Å²) >= 11 is 0. The van der Waals surface area contributed by atoms with E-state index in [0.29, 0.717) is 6.42 Å². The normalized spacial score (nSPS) is 31.3. The minimum atomic E-state index is -1.25. The van der Waals surface area contributed by atoms with Gasteiger partial charge in [0, 0.05) is 20.5 Å². The van der Waals surface area contributed by atoms with Crippen molar-refractivity contribution in [3.63, 3.8) is 0 Å². The summed E-state index contributed by atoms with van der Waals surface area (Å²) in [4.78, 5) is 26.8. The van der Waals surface area contributed by atoms with E-state index in [1.54, 1.807) is 14.1 Å². The Morgan fingerprint density at radius 2 is 1.48 bits per heavy atom. The Bertz CT molecular complexity index is 632. The van der Waals surface area contributed by atoms with Gasteiger partial charge in [0.1, 0.15) is 0 Å². The topological polar surface area (TPSA) is 60.9 Å². The first kappa shape index (κ1) is 17.3. The number of likely N-dealkylation sites (N-methyl/N-ethyl adjacent to an activating group) is 2. The molecule has 2 atom stereocenters. The number of rotatable bonds is 3. The second-order valence-corrected chi connectivity index (χ2v) is 11.6. The second-order valence-electron chi connectivity index (χ2n) is 5.42. The van der Waals surface area contributed by atoms with Gasteiger partial charge in [0.2, 0.25) is 4.87 Å². The van der Waals surface area contributed by atoms with Crippen LogP contribution in [0.5, 0.6) is 0 Å². The zero-order valence-electron chi connectivity index (χ0n) is 12.6. The summed E-state index contributed by atoms with van der Waals surface area (Å²) in [6.45, 7) is -0.400. The molecule has 2 bridgehead atoms. The van der Waals surface area contributed by atoms with E-state index in [1.165, 1.54) is 51.0 Å². The SMILES string of the molecule is CN1C(=O)[C@@]2(Cc3ccccc3)SSSS[C@]1(CO)C(=O)N2C. The summed E-state index contributed by atoms with van der Waals surface area (Å²) in [7, 11) is 8.81. The lowest BCUT2D eigenvalue weighted by molar-refractivity contribution is -0.164. The Balaban J connectivity index is 2.07. The predicted molar refractivity (Wildman–Crippen MR) is 98.6 cm³/mol. The highest BCUT2D eigenvalue weighted by Crippen LogP contribution is 2.61. The zero-order valence-corrected chi connectivity index (χ0v) is 15.9. The van der Waals surface area contributed by atoms with Crippen molar-refractivity contribution < 1.29 is 14.7 Å². The molecule has 3 aliphatic rings. The van der Waals surface area contributed by atoms with Gasteiger partial charge in [-0.1, -0.05) is 30.3 Å². The van der Waals surface area contributed by atoms with Gasteiger partial charge in [0.25, 0.3) is 11.8 Å². The fraction of sp³-hybridized carbons (Fsp3) is 0.429. The summed E-state index contributed by atoms with van der Waals surface area (Å²) in [5, 5.41) is 9.84. The van der Waals surface area contributed by atoms with Crippen LogP contribution < -0.4 is 0 Å². The standard InChI is InChI=1S/C14H16N2O3S4/c1-15-12(19)14(9-17)16(2)11(18)13(15,20-22-23-21-14)8-10-6-4-3-5-7-10/h3-7,17H,8-9H2,1-2H3/t13-,14-/m1/s1. The van der Waals surface area contributed by atoms with Crippen LogP contribution in [-0.4, -0.2) is 57.2 Å². The van der Waals surface area contributed by atoms with Gasteiger partial charge < -0.3 is 14.9 Å². The van der Waals surface area contributed by atoms with Crippen molar-refractivity contribution in [3.8, 4) is 0 Å². The summed E-state index contributed by atoms with van der Waals surface area (Å²) in [5.74, 6) is -0.383. The Hall–Kier alpha value is -0.480. The maximum absolute atomic E-state index is 13.2. The molecule has 0 aliphatic carbocycles. The molecule has 1 aromatic carbocycles. The monoisotopic (exact) mass is 388 g/mol. The van der Waals surface area contributed by atoms with E-state index in [9.17, 15) is 14.7 Å². The van der Waals surface area contributed by atoms with Gasteiger partial charge in [-0.2, -0.15) is 0 Å². The van der Waals surface area contributed by atoms with E-state index in [0.717, 1.165) is 5.56 Å². The highest BCUT2D eigenvalue weighted by molar-refractivity contribution is 9.26. The molecule has 1 aromatic rings. The molecule has 0 spiro atoms. The summed E-state index contributed by atoms with van der Waals surface area (Å²) in [5.41, 5.74) is 0.997. The van der Waals surface area contributed by atoms with E-state index in [2.05, 4.69) is 0 Å². The van der Waals surface area contributed by atoms with Crippen molar-refractivity contribution in [2.75, 3.05) is 20.7 Å². The van der Waals surface area contributed by atoms with Crippen molar-refractivity contribution in [1.29, 1.82) is 0 Å². The minimum absolute atomic E-state index is 0.150. The fourth-order valence-corrected chi connectivity index (χ4v) is 10.4. The quantitative estimate of drug-likeness (QED) is 0.797. The molecule has 1 N–H and O–H groups in total. The van der Waals surface area contributed by atoms with Gasteiger partial charge in [-0.25, -0.2) is 0 Å².